The maximum Gasteiger partial charge on any atom is 0.218 e. The Morgan fingerprint density at radius 2 is 2.00 bits per heavy atom. The van der Waals surface area contributed by atoms with Gasteiger partial charge in [-0.2, -0.15) is 4.98 Å². The van der Waals surface area contributed by atoms with Crippen LogP contribution in [0.4, 0.5) is 0 Å². The number of aromatic nitrogens is 3. The van der Waals surface area contributed by atoms with Crippen molar-refractivity contribution in [2.24, 2.45) is 0 Å². The number of nitrogens with zero attached hydrogens (tertiary/aromatic N) is 3. The van der Waals surface area contributed by atoms with E-state index in [-0.39, 0.29) is 0 Å². The van der Waals surface area contributed by atoms with Gasteiger partial charge < -0.3 is 4.74 Å². The van der Waals surface area contributed by atoms with Crippen LogP contribution in [0.3, 0.4) is 0 Å². The van der Waals surface area contributed by atoms with E-state index in [1.165, 1.54) is 5.56 Å². The number of aryl methyl sites for hydroxylation is 2. The van der Waals surface area contributed by atoms with Gasteiger partial charge in [-0.15, -0.1) is 0 Å². The first kappa shape index (κ1) is 12.8. The first-order valence-corrected chi connectivity index (χ1v) is 6.15. The number of pyridine rings is 1. The van der Waals surface area contributed by atoms with Crippen LogP contribution in [0.1, 0.15) is 17.8 Å². The lowest BCUT2D eigenvalue weighted by Gasteiger charge is -2.06. The topological polar surface area (TPSA) is 47.9 Å². The number of hydrogen-bond acceptors (Lipinski definition) is 4. The molecule has 0 aliphatic heterocycles. The monoisotopic (exact) mass is 263 g/mol. The summed E-state index contributed by atoms with van der Waals surface area (Å²) in [5, 5.41) is 0.409. The van der Waals surface area contributed by atoms with Crippen molar-refractivity contribution in [2.45, 2.75) is 19.8 Å². The second-order valence-electron chi connectivity index (χ2n) is 3.88. The second-order valence-corrected chi connectivity index (χ2v) is 4.27. The van der Waals surface area contributed by atoms with Crippen LogP contribution in [-0.4, -0.2) is 21.6 Å². The molecule has 0 saturated heterocycles. The number of hydrogen-bond donors (Lipinski definition) is 0. The van der Waals surface area contributed by atoms with Gasteiger partial charge in [0, 0.05) is 18.5 Å². The third-order valence-corrected chi connectivity index (χ3v) is 2.59. The third kappa shape index (κ3) is 3.96. The average Bonchev–Trinajstić information content (AvgIpc) is 2.35. The molecule has 0 aliphatic rings. The third-order valence-electron chi connectivity index (χ3n) is 2.39. The summed E-state index contributed by atoms with van der Waals surface area (Å²) in [5.41, 5.74) is 1.26. The van der Waals surface area contributed by atoms with E-state index in [0.29, 0.717) is 23.5 Å². The second kappa shape index (κ2) is 6.31. The van der Waals surface area contributed by atoms with Crippen molar-refractivity contribution in [1.82, 2.24) is 15.0 Å². The molecule has 0 spiro atoms. The van der Waals surface area contributed by atoms with E-state index in [1.807, 2.05) is 12.1 Å². The van der Waals surface area contributed by atoms with Crippen LogP contribution in [0, 0.1) is 6.92 Å². The molecule has 0 N–H and O–H groups in total. The zero-order chi connectivity index (χ0) is 12.8. The van der Waals surface area contributed by atoms with Crippen LogP contribution in [0.5, 0.6) is 5.88 Å². The van der Waals surface area contributed by atoms with E-state index < -0.39 is 0 Å². The van der Waals surface area contributed by atoms with Crippen molar-refractivity contribution >= 4 is 11.6 Å². The van der Waals surface area contributed by atoms with Gasteiger partial charge in [-0.05, 0) is 37.5 Å². The summed E-state index contributed by atoms with van der Waals surface area (Å²) < 4.78 is 5.54. The molecule has 94 valence electrons. The lowest BCUT2D eigenvalue weighted by atomic mass is 10.1. The normalized spacial score (nSPS) is 10.3. The fraction of sp³-hybridized carbons (Fsp3) is 0.308. The molecule has 0 bridgehead atoms. The molecule has 5 heteroatoms. The number of halogens is 1. The Kier molecular flexibility index (Phi) is 4.47. The zero-order valence-electron chi connectivity index (χ0n) is 10.1. The molecule has 4 nitrogen and oxygen atoms in total. The predicted octanol–water partition coefficient (Wildman–Crippen LogP) is 2.85. The summed E-state index contributed by atoms with van der Waals surface area (Å²) in [7, 11) is 0. The van der Waals surface area contributed by atoms with Crippen LogP contribution in [0.2, 0.25) is 5.15 Å². The van der Waals surface area contributed by atoms with E-state index in [2.05, 4.69) is 15.0 Å². The smallest absolute Gasteiger partial charge is 0.218 e. The Hall–Kier alpha value is -1.68. The van der Waals surface area contributed by atoms with Crippen LogP contribution in [-0.2, 0) is 6.42 Å². The minimum atomic E-state index is 0.409. The Morgan fingerprint density at radius 3 is 2.72 bits per heavy atom. The van der Waals surface area contributed by atoms with Crippen molar-refractivity contribution < 1.29 is 4.74 Å². The molecule has 0 unspecified atom stereocenters. The molecule has 2 aromatic rings. The number of ether oxygens (including phenoxy) is 1. The van der Waals surface area contributed by atoms with Crippen molar-refractivity contribution in [2.75, 3.05) is 6.61 Å². The highest BCUT2D eigenvalue weighted by Crippen LogP contribution is 2.13. The number of rotatable bonds is 5. The first-order chi connectivity index (χ1) is 8.74. The maximum atomic E-state index is 5.82. The van der Waals surface area contributed by atoms with Gasteiger partial charge >= 0.3 is 0 Å². The summed E-state index contributed by atoms with van der Waals surface area (Å²) in [6.45, 7) is 2.39. The molecule has 0 saturated carbocycles. The lowest BCUT2D eigenvalue weighted by Crippen LogP contribution is -2.02. The molecular weight excluding hydrogens is 250 g/mol. The molecule has 0 aromatic carbocycles. The molecular formula is C13H14ClN3O. The van der Waals surface area contributed by atoms with Gasteiger partial charge in [0.05, 0.1) is 6.61 Å². The van der Waals surface area contributed by atoms with Crippen molar-refractivity contribution in [3.63, 3.8) is 0 Å². The molecule has 0 atom stereocenters. The van der Waals surface area contributed by atoms with Crippen molar-refractivity contribution in [3.05, 3.63) is 47.1 Å². The highest BCUT2D eigenvalue weighted by atomic mass is 35.5. The average molecular weight is 264 g/mol. The summed E-state index contributed by atoms with van der Waals surface area (Å²) in [6, 6.07) is 5.64. The summed E-state index contributed by atoms with van der Waals surface area (Å²) in [5.74, 6) is 1.15. The SMILES string of the molecule is Cc1nc(Cl)cc(OCCCc2ccncc2)n1. The summed E-state index contributed by atoms with van der Waals surface area (Å²) in [6.07, 6.45) is 5.47. The van der Waals surface area contributed by atoms with Gasteiger partial charge in [-0.25, -0.2) is 4.98 Å². The zero-order valence-corrected chi connectivity index (χ0v) is 10.9. The molecule has 2 heterocycles. The highest BCUT2D eigenvalue weighted by molar-refractivity contribution is 6.29. The Balaban J connectivity index is 1.78. The maximum absolute atomic E-state index is 5.82. The van der Waals surface area contributed by atoms with Crippen LogP contribution < -0.4 is 4.74 Å². The summed E-state index contributed by atoms with van der Waals surface area (Å²) >= 11 is 5.82. The Bertz CT molecular complexity index is 485. The molecule has 2 aromatic heterocycles. The minimum Gasteiger partial charge on any atom is -0.478 e. The van der Waals surface area contributed by atoms with E-state index >= 15 is 0 Å². The van der Waals surface area contributed by atoms with Crippen LogP contribution in [0.25, 0.3) is 0 Å². The fourth-order valence-electron chi connectivity index (χ4n) is 1.58. The van der Waals surface area contributed by atoms with E-state index in [1.54, 1.807) is 25.4 Å². The Labute approximate surface area is 111 Å². The standard InChI is InChI=1S/C13H14ClN3O/c1-10-16-12(14)9-13(17-10)18-8-2-3-11-4-6-15-7-5-11/h4-7,9H,2-3,8H2,1H3. The Morgan fingerprint density at radius 1 is 1.22 bits per heavy atom. The molecule has 0 amide bonds. The molecule has 18 heavy (non-hydrogen) atoms. The molecule has 0 radical (unpaired) electrons. The quantitative estimate of drug-likeness (QED) is 0.615. The van der Waals surface area contributed by atoms with Gasteiger partial charge in [0.2, 0.25) is 5.88 Å². The first-order valence-electron chi connectivity index (χ1n) is 5.77. The van der Waals surface area contributed by atoms with E-state index in [9.17, 15) is 0 Å². The van der Waals surface area contributed by atoms with Gasteiger partial charge in [0.15, 0.2) is 0 Å². The molecule has 0 fully saturated rings. The van der Waals surface area contributed by atoms with Gasteiger partial charge in [-0.1, -0.05) is 11.6 Å². The fourth-order valence-corrected chi connectivity index (χ4v) is 1.80. The van der Waals surface area contributed by atoms with Crippen LogP contribution >= 0.6 is 11.6 Å². The minimum absolute atomic E-state index is 0.409. The largest absolute Gasteiger partial charge is 0.478 e. The van der Waals surface area contributed by atoms with Crippen molar-refractivity contribution in [3.8, 4) is 5.88 Å². The predicted molar refractivity (Wildman–Crippen MR) is 69.8 cm³/mol. The highest BCUT2D eigenvalue weighted by Gasteiger charge is 2.01. The lowest BCUT2D eigenvalue weighted by molar-refractivity contribution is 0.298. The molecule has 0 aliphatic carbocycles. The van der Waals surface area contributed by atoms with Crippen LogP contribution in [0.15, 0.2) is 30.6 Å². The van der Waals surface area contributed by atoms with Gasteiger partial charge in [0.25, 0.3) is 0 Å². The molecule has 2 rings (SSSR count). The van der Waals surface area contributed by atoms with Crippen molar-refractivity contribution in [1.29, 1.82) is 0 Å². The van der Waals surface area contributed by atoms with E-state index in [0.717, 1.165) is 12.8 Å². The van der Waals surface area contributed by atoms with Gasteiger partial charge in [0.1, 0.15) is 11.0 Å². The van der Waals surface area contributed by atoms with Gasteiger partial charge in [-0.3, -0.25) is 4.98 Å². The van der Waals surface area contributed by atoms with E-state index in [4.69, 9.17) is 16.3 Å². The summed E-state index contributed by atoms with van der Waals surface area (Å²) in [4.78, 5) is 12.1.